The third-order valence-electron chi connectivity index (χ3n) is 4.02. The van der Waals surface area contributed by atoms with Crippen LogP contribution in [0.4, 0.5) is 0 Å². The fourth-order valence-electron chi connectivity index (χ4n) is 2.77. The van der Waals surface area contributed by atoms with E-state index in [4.69, 9.17) is 9.71 Å². The van der Waals surface area contributed by atoms with Gasteiger partial charge in [-0.25, -0.2) is 4.79 Å². The fourth-order valence-corrected chi connectivity index (χ4v) is 3.98. The molecule has 2 N–H and O–H groups in total. The number of fused-ring (bicyclic) bond motifs is 1. The minimum Gasteiger partial charge on any atom is -0.508 e. The first-order valence-electron chi connectivity index (χ1n) is 7.86. The van der Waals surface area contributed by atoms with Gasteiger partial charge in [-0.05, 0) is 12.1 Å². The van der Waals surface area contributed by atoms with E-state index in [1.165, 1.54) is 12.1 Å². The quantitative estimate of drug-likeness (QED) is 0.326. The number of nitrogens with zero attached hydrogens (tertiary/aromatic N) is 2. The summed E-state index contributed by atoms with van der Waals surface area (Å²) in [6.07, 6.45) is -0.412. The third kappa shape index (κ3) is 3.46. The van der Waals surface area contributed by atoms with Gasteiger partial charge in [0.1, 0.15) is 16.4 Å². The topological polar surface area (TPSA) is 147 Å². The number of methoxy groups -OCH3 is 1. The second-order valence-electron chi connectivity index (χ2n) is 5.79. The minimum atomic E-state index is -4.45. The van der Waals surface area contributed by atoms with Gasteiger partial charge >= 0.3 is 21.8 Å². The highest BCUT2D eigenvalue weighted by Crippen LogP contribution is 2.26. The van der Waals surface area contributed by atoms with Gasteiger partial charge in [-0.3, -0.25) is 0 Å². The largest absolute Gasteiger partial charge is 0.508 e. The van der Waals surface area contributed by atoms with Gasteiger partial charge in [0, 0.05) is 16.5 Å². The number of aromatic hydroxyl groups is 1. The molecule has 28 heavy (non-hydrogen) atoms. The zero-order chi connectivity index (χ0) is 20.5. The number of benzene rings is 2. The Labute approximate surface area is 159 Å². The molecule has 10 heteroatoms. The Morgan fingerprint density at radius 3 is 2.46 bits per heavy atom. The van der Waals surface area contributed by atoms with Gasteiger partial charge in [0.05, 0.1) is 19.1 Å². The van der Waals surface area contributed by atoms with Gasteiger partial charge in [-0.1, -0.05) is 24.3 Å². The van der Waals surface area contributed by atoms with Crippen LogP contribution in [0.15, 0.2) is 42.5 Å². The smallest absolute Gasteiger partial charge is 0.339 e. The maximum atomic E-state index is 12.9. The second kappa shape index (κ2) is 7.18. The Bertz CT molecular complexity index is 1260. The molecule has 0 aliphatic heterocycles. The molecule has 1 aliphatic rings. The zero-order valence-corrected chi connectivity index (χ0v) is 15.3. The lowest BCUT2D eigenvalue weighted by molar-refractivity contribution is -0.00641. The van der Waals surface area contributed by atoms with Crippen molar-refractivity contribution < 1.29 is 37.1 Å². The molecule has 1 aliphatic carbocycles. The summed E-state index contributed by atoms with van der Waals surface area (Å²) in [5.74, 6) is -1.84. The van der Waals surface area contributed by atoms with E-state index in [2.05, 4.69) is 9.53 Å². The van der Waals surface area contributed by atoms with Gasteiger partial charge in [0.15, 0.2) is 0 Å². The summed E-state index contributed by atoms with van der Waals surface area (Å²) in [7, 11) is -3.31. The van der Waals surface area contributed by atoms with Gasteiger partial charge in [-0.15, -0.1) is 0 Å². The van der Waals surface area contributed by atoms with Gasteiger partial charge in [0.25, 0.3) is 0 Å². The van der Waals surface area contributed by atoms with Crippen molar-refractivity contribution in [1.29, 1.82) is 0 Å². The van der Waals surface area contributed by atoms with Crippen LogP contribution in [-0.2, 0) is 14.9 Å². The molecule has 0 atom stereocenters. The van der Waals surface area contributed by atoms with E-state index in [1.54, 1.807) is 12.1 Å². The summed E-state index contributed by atoms with van der Waals surface area (Å²) in [6.45, 7) is 0. The lowest BCUT2D eigenvalue weighted by Crippen LogP contribution is -2.38. The lowest BCUT2D eigenvalue weighted by Gasteiger charge is -2.13. The number of hydrogen-bond donors (Lipinski definition) is 2. The maximum absolute atomic E-state index is 12.9. The Hall–Kier alpha value is -3.62. The molecule has 0 unspecified atom stereocenters. The number of aliphatic hydroxyl groups excluding tert-OH is 1. The Balaban J connectivity index is 2.16. The van der Waals surface area contributed by atoms with Gasteiger partial charge in [0.2, 0.25) is 5.76 Å². The van der Waals surface area contributed by atoms with E-state index in [9.17, 15) is 23.4 Å². The number of rotatable bonds is 4. The first-order chi connectivity index (χ1) is 13.3. The van der Waals surface area contributed by atoms with Crippen LogP contribution in [0.1, 0.15) is 16.8 Å². The van der Waals surface area contributed by atoms with Crippen molar-refractivity contribution in [2.75, 3.05) is 7.11 Å². The molecule has 0 bridgehead atoms. The normalized spacial score (nSPS) is 13.5. The molecular weight excluding hydrogens is 388 g/mol. The Morgan fingerprint density at radius 1 is 1.14 bits per heavy atom. The number of ether oxygens (including phenoxy) is 1. The summed E-state index contributed by atoms with van der Waals surface area (Å²) in [5, 5.41) is 20.2. The molecule has 0 radical (unpaired) electrons. The Kier molecular flexibility index (Phi) is 4.91. The number of aliphatic hydroxyl groups is 1. The van der Waals surface area contributed by atoms with E-state index in [0.29, 0.717) is 0 Å². The first-order valence-corrected chi connectivity index (χ1v) is 9.27. The van der Waals surface area contributed by atoms with E-state index in [1.807, 2.05) is 0 Å². The first kappa shape index (κ1) is 19.2. The summed E-state index contributed by atoms with van der Waals surface area (Å²) >= 11 is 0. The van der Waals surface area contributed by atoms with E-state index < -0.39 is 28.3 Å². The maximum Gasteiger partial charge on any atom is 0.339 e. The number of carbonyl (C=O) groups excluding carboxylic acids is 1. The van der Waals surface area contributed by atoms with Crippen LogP contribution in [0, 0.1) is 0 Å². The molecule has 0 saturated carbocycles. The van der Waals surface area contributed by atoms with Crippen molar-refractivity contribution in [3.05, 3.63) is 64.0 Å². The highest BCUT2D eigenvalue weighted by Gasteiger charge is 2.32. The van der Waals surface area contributed by atoms with Crippen molar-refractivity contribution in [3.63, 3.8) is 0 Å². The summed E-state index contributed by atoms with van der Waals surface area (Å²) in [4.78, 5) is 14.3. The molecule has 0 heterocycles. The monoisotopic (exact) mass is 402 g/mol. The molecule has 0 spiro atoms. The number of hydrogen-bond acceptors (Lipinski definition) is 7. The number of phenols is 1. The van der Waals surface area contributed by atoms with Crippen LogP contribution in [0.25, 0.3) is 16.2 Å². The van der Waals surface area contributed by atoms with Crippen LogP contribution >= 0.6 is 0 Å². The van der Waals surface area contributed by atoms with Crippen molar-refractivity contribution in [1.82, 2.24) is 0 Å². The van der Waals surface area contributed by atoms with Crippen LogP contribution in [-0.4, -0.2) is 42.2 Å². The molecule has 0 aromatic heterocycles. The van der Waals surface area contributed by atoms with Gasteiger partial charge in [-0.2, -0.15) is 13.2 Å². The number of esters is 1. The van der Waals surface area contributed by atoms with Crippen LogP contribution in [0.5, 0.6) is 11.5 Å². The Morgan fingerprint density at radius 2 is 1.82 bits per heavy atom. The highest BCUT2D eigenvalue weighted by molar-refractivity contribution is 7.96. The average Bonchev–Trinajstić information content (AvgIpc) is 2.66. The second-order valence-corrected chi connectivity index (χ2v) is 7.35. The molecule has 144 valence electrons. The highest BCUT2D eigenvalue weighted by atomic mass is 32.2. The molecule has 0 fully saturated rings. The predicted octanol–water partition coefficient (Wildman–Crippen LogP) is 0.436. The minimum absolute atomic E-state index is 0.106. The molecule has 3 rings (SSSR count). The van der Waals surface area contributed by atoms with Crippen LogP contribution in [0.2, 0.25) is 0 Å². The van der Waals surface area contributed by atoms with Crippen molar-refractivity contribution in [3.8, 4) is 11.5 Å². The zero-order valence-electron chi connectivity index (χ0n) is 14.5. The molecular formula is C18H14N2O7S. The SMILES string of the molecule is COC(=O)c1cc(O)cc(OS(=O)(=O)C2=c3ccccc3=C(O)C(=[N+]=[N-])C2)c1. The van der Waals surface area contributed by atoms with E-state index >= 15 is 0 Å². The summed E-state index contributed by atoms with van der Waals surface area (Å²) in [6, 6.07) is 9.31. The summed E-state index contributed by atoms with van der Waals surface area (Å²) < 4.78 is 35.4. The van der Waals surface area contributed by atoms with E-state index in [-0.39, 0.29) is 38.1 Å². The van der Waals surface area contributed by atoms with Crippen molar-refractivity contribution in [2.45, 2.75) is 6.42 Å². The lowest BCUT2D eigenvalue weighted by atomic mass is 10.0. The fraction of sp³-hybridized carbons (Fsp3) is 0.111. The van der Waals surface area contributed by atoms with Crippen LogP contribution < -0.4 is 14.6 Å². The van der Waals surface area contributed by atoms with Gasteiger partial charge < -0.3 is 24.7 Å². The van der Waals surface area contributed by atoms with Crippen molar-refractivity contribution >= 4 is 32.5 Å². The molecule has 2 aromatic carbocycles. The average molecular weight is 402 g/mol. The molecule has 0 amide bonds. The predicted molar refractivity (Wildman–Crippen MR) is 97.4 cm³/mol. The summed E-state index contributed by atoms with van der Waals surface area (Å²) in [5.41, 5.74) is 8.75. The number of carbonyl (C=O) groups is 1. The molecule has 2 aromatic rings. The molecule has 9 nitrogen and oxygen atoms in total. The number of phenolic OH excluding ortho intramolecular Hbond substituents is 1. The standard InChI is InChI=1S/C18H14N2O7S/c1-26-18(23)10-6-11(21)8-12(7-10)27-28(24,25)16-9-15(20-19)17(22)14-5-3-2-4-13(14)16/h2-8,21-22H,9H2,1H3. The van der Waals surface area contributed by atoms with Crippen molar-refractivity contribution in [2.24, 2.45) is 0 Å². The third-order valence-corrected chi connectivity index (χ3v) is 5.40. The molecule has 0 saturated heterocycles. The van der Waals surface area contributed by atoms with E-state index in [0.717, 1.165) is 25.3 Å². The van der Waals surface area contributed by atoms with Crippen LogP contribution in [0.3, 0.4) is 0 Å².